The second-order valence-corrected chi connectivity index (χ2v) is 6.13. The highest BCUT2D eigenvalue weighted by Crippen LogP contribution is 2.37. The zero-order valence-electron chi connectivity index (χ0n) is 11.9. The van der Waals surface area contributed by atoms with Crippen molar-refractivity contribution in [1.29, 1.82) is 0 Å². The Kier molecular flexibility index (Phi) is 3.97. The normalized spacial score (nSPS) is 28.5. The van der Waals surface area contributed by atoms with Crippen molar-refractivity contribution < 1.29 is 14.7 Å². The van der Waals surface area contributed by atoms with E-state index in [2.05, 4.69) is 19.9 Å². The summed E-state index contributed by atoms with van der Waals surface area (Å²) in [7, 11) is 0. The van der Waals surface area contributed by atoms with Gasteiger partial charge in [0, 0.05) is 13.0 Å². The Balaban J connectivity index is 2.22. The Bertz CT molecular complexity index is 412. The van der Waals surface area contributed by atoms with E-state index in [9.17, 15) is 14.7 Å². The fourth-order valence-electron chi connectivity index (χ4n) is 3.42. The van der Waals surface area contributed by atoms with Gasteiger partial charge in [-0.1, -0.05) is 18.6 Å². The van der Waals surface area contributed by atoms with Gasteiger partial charge >= 0.3 is 5.97 Å². The number of amides is 1. The van der Waals surface area contributed by atoms with Gasteiger partial charge in [-0.2, -0.15) is 0 Å². The molecule has 2 aliphatic rings. The van der Waals surface area contributed by atoms with Crippen molar-refractivity contribution in [2.75, 3.05) is 0 Å². The van der Waals surface area contributed by atoms with Gasteiger partial charge in [-0.05, 0) is 44.4 Å². The number of hydrogen-bond acceptors (Lipinski definition) is 2. The Morgan fingerprint density at radius 1 is 1.42 bits per heavy atom. The molecule has 0 aromatic carbocycles. The summed E-state index contributed by atoms with van der Waals surface area (Å²) >= 11 is 0. The van der Waals surface area contributed by atoms with E-state index in [4.69, 9.17) is 0 Å². The topological polar surface area (TPSA) is 57.6 Å². The molecule has 1 saturated carbocycles. The second kappa shape index (κ2) is 5.35. The minimum absolute atomic E-state index is 0.0435. The molecule has 0 saturated heterocycles. The van der Waals surface area contributed by atoms with Crippen molar-refractivity contribution in [3.8, 4) is 0 Å². The first-order chi connectivity index (χ1) is 8.90. The van der Waals surface area contributed by atoms with Crippen LogP contribution < -0.4 is 0 Å². The summed E-state index contributed by atoms with van der Waals surface area (Å²) in [6.07, 6.45) is 5.74. The van der Waals surface area contributed by atoms with E-state index in [0.29, 0.717) is 5.92 Å². The molecule has 4 heteroatoms. The minimum atomic E-state index is -0.853. The van der Waals surface area contributed by atoms with Gasteiger partial charge in [0.25, 0.3) is 0 Å². The molecule has 3 atom stereocenters. The third-order valence-corrected chi connectivity index (χ3v) is 4.13. The van der Waals surface area contributed by atoms with Crippen LogP contribution in [0.5, 0.6) is 0 Å². The van der Waals surface area contributed by atoms with Gasteiger partial charge in [0.15, 0.2) is 0 Å². The van der Waals surface area contributed by atoms with Gasteiger partial charge in [-0.3, -0.25) is 4.79 Å². The Hall–Kier alpha value is -1.32. The van der Waals surface area contributed by atoms with Crippen LogP contribution in [0.1, 0.15) is 46.5 Å². The zero-order chi connectivity index (χ0) is 14.2. The van der Waals surface area contributed by atoms with Gasteiger partial charge in [-0.25, -0.2) is 4.79 Å². The third-order valence-electron chi connectivity index (χ3n) is 4.13. The molecule has 19 heavy (non-hydrogen) atoms. The average Bonchev–Trinajstić information content (AvgIpc) is 3.06. The summed E-state index contributed by atoms with van der Waals surface area (Å²) in [5.74, 6) is -0.514. The molecule has 1 fully saturated rings. The van der Waals surface area contributed by atoms with Gasteiger partial charge < -0.3 is 10.0 Å². The van der Waals surface area contributed by atoms with Gasteiger partial charge in [0.05, 0.1) is 0 Å². The molecular weight excluding hydrogens is 242 g/mol. The van der Waals surface area contributed by atoms with Crippen LogP contribution in [0.3, 0.4) is 0 Å². The van der Waals surface area contributed by atoms with Crippen LogP contribution in [0.4, 0.5) is 0 Å². The molecule has 1 N–H and O–H groups in total. The van der Waals surface area contributed by atoms with E-state index in [1.165, 1.54) is 12.5 Å². The fourth-order valence-corrected chi connectivity index (χ4v) is 3.42. The van der Waals surface area contributed by atoms with Crippen molar-refractivity contribution >= 4 is 11.9 Å². The van der Waals surface area contributed by atoms with Crippen LogP contribution in [-0.2, 0) is 9.59 Å². The third kappa shape index (κ3) is 3.17. The highest BCUT2D eigenvalue weighted by molar-refractivity contribution is 5.83. The maximum Gasteiger partial charge on any atom is 0.326 e. The number of carbonyl (C=O) groups is 2. The van der Waals surface area contributed by atoms with E-state index in [0.717, 1.165) is 25.7 Å². The molecule has 106 valence electrons. The number of allylic oxidation sites excluding steroid dienone is 2. The van der Waals surface area contributed by atoms with E-state index < -0.39 is 12.0 Å². The maximum absolute atomic E-state index is 11.8. The Labute approximate surface area is 114 Å². The molecule has 0 spiro atoms. The molecule has 0 radical (unpaired) electrons. The predicted molar refractivity (Wildman–Crippen MR) is 72.6 cm³/mol. The number of aliphatic carboxylic acids is 1. The molecule has 0 aromatic heterocycles. The van der Waals surface area contributed by atoms with Gasteiger partial charge in [0.1, 0.15) is 6.04 Å². The lowest BCUT2D eigenvalue weighted by Gasteiger charge is -2.37. The van der Waals surface area contributed by atoms with Crippen molar-refractivity contribution in [2.45, 2.75) is 58.5 Å². The van der Waals surface area contributed by atoms with Gasteiger partial charge in [0.2, 0.25) is 5.91 Å². The molecule has 0 aliphatic heterocycles. The zero-order valence-corrected chi connectivity index (χ0v) is 11.9. The van der Waals surface area contributed by atoms with E-state index in [1.54, 1.807) is 4.90 Å². The maximum atomic E-state index is 11.8. The van der Waals surface area contributed by atoms with Crippen molar-refractivity contribution in [3.05, 3.63) is 11.6 Å². The highest BCUT2D eigenvalue weighted by Gasteiger charge is 2.43. The van der Waals surface area contributed by atoms with Crippen LogP contribution in [0.25, 0.3) is 0 Å². The number of nitrogens with zero attached hydrogens (tertiary/aromatic N) is 1. The summed E-state index contributed by atoms with van der Waals surface area (Å²) in [4.78, 5) is 25.1. The van der Waals surface area contributed by atoms with E-state index in [-0.39, 0.29) is 17.9 Å². The molecule has 2 rings (SSSR count). The number of carboxylic acids is 1. The van der Waals surface area contributed by atoms with Crippen molar-refractivity contribution in [1.82, 2.24) is 4.90 Å². The number of carbonyl (C=O) groups excluding carboxylic acids is 1. The van der Waals surface area contributed by atoms with Crippen LogP contribution in [-0.4, -0.2) is 34.0 Å². The minimum Gasteiger partial charge on any atom is -0.480 e. The van der Waals surface area contributed by atoms with Gasteiger partial charge in [-0.15, -0.1) is 0 Å². The first-order valence-electron chi connectivity index (χ1n) is 7.09. The first kappa shape index (κ1) is 14.1. The lowest BCUT2D eigenvalue weighted by molar-refractivity contribution is -0.153. The second-order valence-electron chi connectivity index (χ2n) is 6.13. The summed E-state index contributed by atoms with van der Waals surface area (Å²) in [5.41, 5.74) is 1.24. The van der Waals surface area contributed by atoms with Crippen LogP contribution in [0.15, 0.2) is 11.6 Å². The Morgan fingerprint density at radius 3 is 2.47 bits per heavy atom. The molecule has 4 nitrogen and oxygen atoms in total. The monoisotopic (exact) mass is 265 g/mol. The number of hydrogen-bond donors (Lipinski definition) is 1. The van der Waals surface area contributed by atoms with Crippen LogP contribution >= 0.6 is 0 Å². The molecule has 0 bridgehead atoms. The summed E-state index contributed by atoms with van der Waals surface area (Å²) in [6.45, 7) is 5.66. The van der Waals surface area contributed by atoms with E-state index in [1.807, 2.05) is 0 Å². The molecule has 2 aliphatic carbocycles. The standard InChI is InChI=1S/C15H23NO3/c1-9-6-10(2)8-12(7-9)14(15(18)19)16(11(3)17)13-4-5-13/h6,9,12-14H,4-5,7-8H2,1-3H3,(H,18,19). The molecular formula is C15H23NO3. The smallest absolute Gasteiger partial charge is 0.326 e. The van der Waals surface area contributed by atoms with Crippen LogP contribution in [0.2, 0.25) is 0 Å². The molecule has 0 aromatic rings. The average molecular weight is 265 g/mol. The lowest BCUT2D eigenvalue weighted by Crippen LogP contribution is -2.50. The summed E-state index contributed by atoms with van der Waals surface area (Å²) in [5, 5.41) is 9.58. The van der Waals surface area contributed by atoms with Crippen molar-refractivity contribution in [3.63, 3.8) is 0 Å². The van der Waals surface area contributed by atoms with E-state index >= 15 is 0 Å². The quantitative estimate of drug-likeness (QED) is 0.794. The molecule has 0 heterocycles. The highest BCUT2D eigenvalue weighted by atomic mass is 16.4. The number of rotatable bonds is 4. The summed E-state index contributed by atoms with van der Waals surface area (Å²) in [6, 6.07) is -0.504. The Morgan fingerprint density at radius 2 is 2.05 bits per heavy atom. The summed E-state index contributed by atoms with van der Waals surface area (Å²) < 4.78 is 0. The SMILES string of the molecule is CC(=O)N(C1CC1)C(C(=O)O)C1CC(C)=CC(C)C1. The van der Waals surface area contributed by atoms with Crippen LogP contribution in [0, 0.1) is 11.8 Å². The predicted octanol–water partition coefficient (Wildman–Crippen LogP) is 2.44. The largest absolute Gasteiger partial charge is 0.480 e. The fraction of sp³-hybridized carbons (Fsp3) is 0.733. The first-order valence-corrected chi connectivity index (χ1v) is 7.09. The lowest BCUT2D eigenvalue weighted by atomic mass is 9.79. The number of carboxylic acid groups (broad SMARTS) is 1. The molecule has 3 unspecified atom stereocenters. The van der Waals surface area contributed by atoms with Crippen molar-refractivity contribution in [2.24, 2.45) is 11.8 Å². The molecule has 1 amide bonds.